The van der Waals surface area contributed by atoms with E-state index in [1.54, 1.807) is 0 Å². The Morgan fingerprint density at radius 2 is 1.90 bits per heavy atom. The third-order valence-corrected chi connectivity index (χ3v) is 2.83. The van der Waals surface area contributed by atoms with E-state index in [2.05, 4.69) is 10.3 Å². The lowest BCUT2D eigenvalue weighted by Gasteiger charge is -2.06. The molecule has 0 saturated heterocycles. The van der Waals surface area contributed by atoms with Gasteiger partial charge in [0.25, 0.3) is 11.6 Å². The van der Waals surface area contributed by atoms with E-state index >= 15 is 0 Å². The molecule has 1 heterocycles. The number of anilines is 1. The molecular weight excluding hydrogens is 305 g/mol. The molecule has 6 nitrogen and oxygen atoms in total. The predicted molar refractivity (Wildman–Crippen MR) is 75.3 cm³/mol. The van der Waals surface area contributed by atoms with E-state index in [-0.39, 0.29) is 22.1 Å². The maximum atomic E-state index is 11.9. The minimum absolute atomic E-state index is 0.0335. The van der Waals surface area contributed by atoms with Crippen molar-refractivity contribution in [3.8, 4) is 0 Å². The number of aromatic nitrogens is 1. The van der Waals surface area contributed by atoms with Crippen LogP contribution in [0.2, 0.25) is 10.0 Å². The zero-order chi connectivity index (χ0) is 14.7. The van der Waals surface area contributed by atoms with Crippen molar-refractivity contribution < 1.29 is 9.72 Å². The van der Waals surface area contributed by atoms with Gasteiger partial charge in [-0.2, -0.15) is 0 Å². The summed E-state index contributed by atoms with van der Waals surface area (Å²) >= 11 is 11.4. The zero-order valence-corrected chi connectivity index (χ0v) is 11.4. The van der Waals surface area contributed by atoms with Gasteiger partial charge >= 0.3 is 0 Å². The number of hydrogen-bond donors (Lipinski definition) is 1. The minimum Gasteiger partial charge on any atom is -0.315 e. The van der Waals surface area contributed by atoms with Gasteiger partial charge in [-0.15, -0.1) is 0 Å². The van der Waals surface area contributed by atoms with Crippen molar-refractivity contribution in [3.05, 3.63) is 62.4 Å². The molecule has 0 aliphatic rings. The van der Waals surface area contributed by atoms with Crippen LogP contribution in [0, 0.1) is 10.1 Å². The Morgan fingerprint density at radius 1 is 1.20 bits per heavy atom. The molecule has 0 aliphatic heterocycles. The zero-order valence-electron chi connectivity index (χ0n) is 9.84. The molecule has 2 aromatic rings. The lowest BCUT2D eigenvalue weighted by Crippen LogP contribution is -2.14. The maximum Gasteiger partial charge on any atom is 0.294 e. The van der Waals surface area contributed by atoms with E-state index in [9.17, 15) is 14.9 Å². The quantitative estimate of drug-likeness (QED) is 0.693. The molecule has 102 valence electrons. The molecule has 8 heteroatoms. The number of nitrogens with zero attached hydrogens (tertiary/aromatic N) is 2. The highest BCUT2D eigenvalue weighted by Crippen LogP contribution is 2.28. The number of rotatable bonds is 3. The molecule has 0 atom stereocenters. The molecular formula is C12H7Cl2N3O3. The molecule has 0 fully saturated rings. The average Bonchev–Trinajstić information content (AvgIpc) is 2.40. The number of carbonyl (C=O) groups is 1. The number of halogens is 2. The van der Waals surface area contributed by atoms with Crippen molar-refractivity contribution in [2.75, 3.05) is 5.32 Å². The second-order valence-corrected chi connectivity index (χ2v) is 4.60. The first kappa shape index (κ1) is 14.2. The van der Waals surface area contributed by atoms with Crippen LogP contribution in [0.1, 0.15) is 10.5 Å². The number of nitro groups is 1. The van der Waals surface area contributed by atoms with Crippen molar-refractivity contribution in [2.24, 2.45) is 0 Å². The summed E-state index contributed by atoms with van der Waals surface area (Å²) in [7, 11) is 0. The second kappa shape index (κ2) is 5.85. The van der Waals surface area contributed by atoms with Gasteiger partial charge in [0.05, 0.1) is 4.92 Å². The van der Waals surface area contributed by atoms with Crippen LogP contribution in [0.25, 0.3) is 0 Å². The summed E-state index contributed by atoms with van der Waals surface area (Å²) in [6, 6.07) is 6.82. The van der Waals surface area contributed by atoms with Crippen molar-refractivity contribution in [1.82, 2.24) is 4.98 Å². The lowest BCUT2D eigenvalue weighted by atomic mass is 10.2. The molecule has 0 aliphatic carbocycles. The third-order valence-electron chi connectivity index (χ3n) is 2.36. The van der Waals surface area contributed by atoms with E-state index in [1.165, 1.54) is 30.5 Å². The second-order valence-electron chi connectivity index (χ2n) is 3.73. The van der Waals surface area contributed by atoms with Crippen LogP contribution in [0.3, 0.4) is 0 Å². The Balaban J connectivity index is 2.30. The standard InChI is InChI=1S/C12H7Cl2N3O3/c13-7-1-2-9(11(6-7)17(19)20)16-12(18)10-5-8(14)3-4-15-10/h1-6H,(H,16,18). The van der Waals surface area contributed by atoms with Crippen molar-refractivity contribution in [3.63, 3.8) is 0 Å². The molecule has 2 rings (SSSR count). The molecule has 0 unspecified atom stereocenters. The largest absolute Gasteiger partial charge is 0.315 e. The van der Waals surface area contributed by atoms with Crippen molar-refractivity contribution in [1.29, 1.82) is 0 Å². The Bertz CT molecular complexity index is 691. The monoisotopic (exact) mass is 311 g/mol. The predicted octanol–water partition coefficient (Wildman–Crippen LogP) is 3.55. The van der Waals surface area contributed by atoms with Crippen LogP contribution >= 0.6 is 23.2 Å². The van der Waals surface area contributed by atoms with Gasteiger partial charge < -0.3 is 5.32 Å². The fourth-order valence-corrected chi connectivity index (χ4v) is 1.80. The Labute approximate surface area is 123 Å². The number of carbonyl (C=O) groups excluding carboxylic acids is 1. The topological polar surface area (TPSA) is 85.1 Å². The summed E-state index contributed by atoms with van der Waals surface area (Å²) in [6.07, 6.45) is 1.37. The van der Waals surface area contributed by atoms with Gasteiger partial charge in [0.2, 0.25) is 0 Å². The summed E-state index contributed by atoms with van der Waals surface area (Å²) in [5.41, 5.74) is -0.208. The Morgan fingerprint density at radius 3 is 2.55 bits per heavy atom. The fraction of sp³-hybridized carbons (Fsp3) is 0. The van der Waals surface area contributed by atoms with Gasteiger partial charge in [-0.1, -0.05) is 23.2 Å². The van der Waals surface area contributed by atoms with Gasteiger partial charge in [0.15, 0.2) is 0 Å². The Hall–Kier alpha value is -2.18. The number of nitrogens with one attached hydrogen (secondary N) is 1. The highest BCUT2D eigenvalue weighted by Gasteiger charge is 2.17. The molecule has 1 N–H and O–H groups in total. The van der Waals surface area contributed by atoms with Crippen LogP contribution in [0.4, 0.5) is 11.4 Å². The first-order valence-corrected chi connectivity index (χ1v) is 6.10. The van der Waals surface area contributed by atoms with Crippen LogP contribution in [0.15, 0.2) is 36.5 Å². The number of benzene rings is 1. The number of amides is 1. The van der Waals surface area contributed by atoms with E-state index in [4.69, 9.17) is 23.2 Å². The summed E-state index contributed by atoms with van der Waals surface area (Å²) in [5, 5.41) is 13.9. The molecule has 1 amide bonds. The van der Waals surface area contributed by atoms with E-state index in [1.807, 2.05) is 0 Å². The molecule has 0 bridgehead atoms. The van der Waals surface area contributed by atoms with Crippen LogP contribution in [-0.4, -0.2) is 15.8 Å². The summed E-state index contributed by atoms with van der Waals surface area (Å²) in [5.74, 6) is -0.599. The number of hydrogen-bond acceptors (Lipinski definition) is 4. The fourth-order valence-electron chi connectivity index (χ4n) is 1.48. The first-order valence-electron chi connectivity index (χ1n) is 5.34. The van der Waals surface area contributed by atoms with Gasteiger partial charge in [-0.05, 0) is 24.3 Å². The molecule has 1 aromatic heterocycles. The highest BCUT2D eigenvalue weighted by molar-refractivity contribution is 6.31. The first-order chi connectivity index (χ1) is 9.47. The molecule has 1 aromatic carbocycles. The van der Waals surface area contributed by atoms with E-state index in [0.29, 0.717) is 5.02 Å². The minimum atomic E-state index is -0.632. The number of pyridine rings is 1. The van der Waals surface area contributed by atoms with Gasteiger partial charge in [0.1, 0.15) is 11.4 Å². The molecule has 20 heavy (non-hydrogen) atoms. The van der Waals surface area contributed by atoms with Crippen LogP contribution in [-0.2, 0) is 0 Å². The summed E-state index contributed by atoms with van der Waals surface area (Å²) < 4.78 is 0. The van der Waals surface area contributed by atoms with Crippen LogP contribution in [0.5, 0.6) is 0 Å². The molecule has 0 saturated carbocycles. The van der Waals surface area contributed by atoms with E-state index in [0.717, 1.165) is 6.07 Å². The third kappa shape index (κ3) is 3.23. The SMILES string of the molecule is O=C(Nc1ccc(Cl)cc1[N+](=O)[O-])c1cc(Cl)ccn1. The normalized spacial score (nSPS) is 10.1. The van der Waals surface area contributed by atoms with Gasteiger partial charge in [0, 0.05) is 22.3 Å². The summed E-state index contributed by atoms with van der Waals surface area (Å²) in [4.78, 5) is 26.0. The highest BCUT2D eigenvalue weighted by atomic mass is 35.5. The van der Waals surface area contributed by atoms with Gasteiger partial charge in [-0.3, -0.25) is 19.9 Å². The average molecular weight is 312 g/mol. The van der Waals surface area contributed by atoms with Crippen molar-refractivity contribution >= 4 is 40.5 Å². The maximum absolute atomic E-state index is 11.9. The Kier molecular flexibility index (Phi) is 4.16. The smallest absolute Gasteiger partial charge is 0.294 e. The number of nitro benzene ring substituents is 1. The van der Waals surface area contributed by atoms with E-state index < -0.39 is 10.8 Å². The van der Waals surface area contributed by atoms with Crippen LogP contribution < -0.4 is 5.32 Å². The summed E-state index contributed by atoms with van der Waals surface area (Å²) in [6.45, 7) is 0. The molecule has 0 radical (unpaired) electrons. The molecule has 0 spiro atoms. The lowest BCUT2D eigenvalue weighted by molar-refractivity contribution is -0.383. The van der Waals surface area contributed by atoms with Gasteiger partial charge in [-0.25, -0.2) is 0 Å². The van der Waals surface area contributed by atoms with Crippen molar-refractivity contribution in [2.45, 2.75) is 0 Å².